The van der Waals surface area contributed by atoms with Gasteiger partial charge in [-0.2, -0.15) is 0 Å². The molecule has 1 fully saturated rings. The van der Waals surface area contributed by atoms with Gasteiger partial charge < -0.3 is 20.8 Å². The van der Waals surface area contributed by atoms with Crippen molar-refractivity contribution in [3.63, 3.8) is 0 Å². The van der Waals surface area contributed by atoms with Gasteiger partial charge in [0.05, 0.1) is 18.9 Å². The monoisotopic (exact) mass is 299 g/mol. The molecule has 1 aromatic carbocycles. The molecule has 22 heavy (non-hydrogen) atoms. The van der Waals surface area contributed by atoms with Crippen LogP contribution in [0.15, 0.2) is 30.3 Å². The minimum atomic E-state index is -0.143. The van der Waals surface area contributed by atoms with Crippen LogP contribution in [0.3, 0.4) is 0 Å². The van der Waals surface area contributed by atoms with Crippen molar-refractivity contribution in [3.8, 4) is 11.1 Å². The van der Waals surface area contributed by atoms with Gasteiger partial charge in [0.1, 0.15) is 5.82 Å². The fourth-order valence-electron chi connectivity index (χ4n) is 2.60. The first kappa shape index (κ1) is 14.8. The third-order valence-electron chi connectivity index (χ3n) is 3.94. The summed E-state index contributed by atoms with van der Waals surface area (Å²) < 4.78 is 0. The second-order valence-electron chi connectivity index (χ2n) is 5.51. The molecule has 3 rings (SSSR count). The zero-order chi connectivity index (χ0) is 15.5. The fourth-order valence-corrected chi connectivity index (χ4v) is 2.60. The maximum Gasteiger partial charge on any atom is 0.126 e. The van der Waals surface area contributed by atoms with Gasteiger partial charge in [0.2, 0.25) is 0 Å². The molecular weight excluding hydrogens is 278 g/mol. The van der Waals surface area contributed by atoms with Crippen LogP contribution in [0, 0.1) is 0 Å². The molecule has 4 N–H and O–H groups in total. The third-order valence-corrected chi connectivity index (χ3v) is 3.94. The number of pyridine rings is 1. The topological polar surface area (TPSA) is 77.4 Å². The van der Waals surface area contributed by atoms with Gasteiger partial charge in [-0.15, -0.1) is 0 Å². The number of nitrogens with one attached hydrogen (secondary N) is 2. The standard InChI is InChI=1S/C17H21N3O2/c1-18-17-8-7-13(16(10-22)20-17)12-3-2-4-15(14(12)9-21)19-11-5-6-11/h2-4,7-8,11,19,21-22H,5-6,9-10H2,1H3,(H,18,20). The Kier molecular flexibility index (Phi) is 4.27. The van der Waals surface area contributed by atoms with Crippen LogP contribution in [0.4, 0.5) is 11.5 Å². The number of aromatic nitrogens is 1. The maximum absolute atomic E-state index is 9.82. The number of hydrogen-bond donors (Lipinski definition) is 4. The van der Waals surface area contributed by atoms with Crippen LogP contribution in [0.1, 0.15) is 24.1 Å². The number of hydrogen-bond acceptors (Lipinski definition) is 5. The molecule has 0 saturated heterocycles. The summed E-state index contributed by atoms with van der Waals surface area (Å²) in [7, 11) is 1.79. The number of aliphatic hydroxyl groups excluding tert-OH is 2. The molecule has 116 valence electrons. The lowest BCUT2D eigenvalue weighted by molar-refractivity contribution is 0.277. The second kappa shape index (κ2) is 6.34. The lowest BCUT2D eigenvalue weighted by Gasteiger charge is -2.16. The zero-order valence-corrected chi connectivity index (χ0v) is 12.6. The van der Waals surface area contributed by atoms with E-state index in [-0.39, 0.29) is 13.2 Å². The van der Waals surface area contributed by atoms with E-state index in [1.807, 2.05) is 30.3 Å². The van der Waals surface area contributed by atoms with Crippen molar-refractivity contribution in [2.45, 2.75) is 32.1 Å². The van der Waals surface area contributed by atoms with E-state index in [0.29, 0.717) is 17.6 Å². The van der Waals surface area contributed by atoms with Crippen LogP contribution in [0.2, 0.25) is 0 Å². The van der Waals surface area contributed by atoms with Crippen molar-refractivity contribution in [1.29, 1.82) is 0 Å². The quantitative estimate of drug-likeness (QED) is 0.658. The van der Waals surface area contributed by atoms with E-state index in [1.165, 1.54) is 12.8 Å². The second-order valence-corrected chi connectivity index (χ2v) is 5.51. The van der Waals surface area contributed by atoms with Gasteiger partial charge in [0.15, 0.2) is 0 Å². The van der Waals surface area contributed by atoms with Gasteiger partial charge in [-0.3, -0.25) is 0 Å². The Balaban J connectivity index is 2.06. The summed E-state index contributed by atoms with van der Waals surface area (Å²) in [4.78, 5) is 4.40. The van der Waals surface area contributed by atoms with Gasteiger partial charge in [0, 0.05) is 29.9 Å². The number of nitrogens with zero attached hydrogens (tertiary/aromatic N) is 1. The first-order valence-corrected chi connectivity index (χ1v) is 7.55. The van der Waals surface area contributed by atoms with Crippen molar-refractivity contribution in [1.82, 2.24) is 4.98 Å². The maximum atomic E-state index is 9.82. The third kappa shape index (κ3) is 2.91. The van der Waals surface area contributed by atoms with Gasteiger partial charge >= 0.3 is 0 Å². The number of anilines is 2. The highest BCUT2D eigenvalue weighted by atomic mass is 16.3. The van der Waals surface area contributed by atoms with E-state index in [9.17, 15) is 10.2 Å². The minimum Gasteiger partial charge on any atom is -0.392 e. The Bertz CT molecular complexity index is 669. The van der Waals surface area contributed by atoms with Crippen molar-refractivity contribution in [2.24, 2.45) is 0 Å². The average Bonchev–Trinajstić information content (AvgIpc) is 3.38. The predicted octanol–water partition coefficient (Wildman–Crippen LogP) is 2.35. The summed E-state index contributed by atoms with van der Waals surface area (Å²) in [6, 6.07) is 10.2. The molecule has 0 atom stereocenters. The lowest BCUT2D eigenvalue weighted by atomic mass is 9.97. The minimum absolute atomic E-state index is 0.0517. The Labute approximate surface area is 130 Å². The zero-order valence-electron chi connectivity index (χ0n) is 12.6. The SMILES string of the molecule is CNc1ccc(-c2cccc(NC3CC3)c2CO)c(CO)n1. The van der Waals surface area contributed by atoms with Crippen LogP contribution in [0.25, 0.3) is 11.1 Å². The van der Waals surface area contributed by atoms with E-state index in [1.54, 1.807) is 7.05 Å². The molecule has 5 heteroatoms. The molecular formula is C17H21N3O2. The van der Waals surface area contributed by atoms with E-state index >= 15 is 0 Å². The van der Waals surface area contributed by atoms with Crippen molar-refractivity contribution in [3.05, 3.63) is 41.6 Å². The highest BCUT2D eigenvalue weighted by Gasteiger charge is 2.23. The fraction of sp³-hybridized carbons (Fsp3) is 0.353. The van der Waals surface area contributed by atoms with Gasteiger partial charge in [0.25, 0.3) is 0 Å². The molecule has 1 aromatic heterocycles. The smallest absolute Gasteiger partial charge is 0.126 e. The molecule has 0 radical (unpaired) electrons. The summed E-state index contributed by atoms with van der Waals surface area (Å²) in [5.74, 6) is 0.714. The summed E-state index contributed by atoms with van der Waals surface area (Å²) in [5.41, 5.74) is 4.18. The van der Waals surface area contributed by atoms with E-state index in [4.69, 9.17) is 0 Å². The van der Waals surface area contributed by atoms with Crippen LogP contribution in [-0.2, 0) is 13.2 Å². The average molecular weight is 299 g/mol. The molecule has 1 saturated carbocycles. The van der Waals surface area contributed by atoms with E-state index < -0.39 is 0 Å². The van der Waals surface area contributed by atoms with Crippen molar-refractivity contribution < 1.29 is 10.2 Å². The summed E-state index contributed by atoms with van der Waals surface area (Å²) >= 11 is 0. The molecule has 5 nitrogen and oxygen atoms in total. The molecule has 2 aromatic rings. The lowest BCUT2D eigenvalue weighted by Crippen LogP contribution is -2.06. The number of aliphatic hydroxyl groups is 2. The number of rotatable bonds is 6. The van der Waals surface area contributed by atoms with Gasteiger partial charge in [-0.25, -0.2) is 4.98 Å². The highest BCUT2D eigenvalue weighted by Crippen LogP contribution is 2.34. The summed E-state index contributed by atoms with van der Waals surface area (Å²) in [5, 5.41) is 25.9. The molecule has 0 aliphatic heterocycles. The Hall–Kier alpha value is -2.11. The molecule has 1 aliphatic rings. The highest BCUT2D eigenvalue weighted by molar-refractivity contribution is 5.76. The van der Waals surface area contributed by atoms with Crippen LogP contribution < -0.4 is 10.6 Å². The first-order valence-electron chi connectivity index (χ1n) is 7.55. The molecule has 0 unspecified atom stereocenters. The predicted molar refractivity (Wildman–Crippen MR) is 87.7 cm³/mol. The Morgan fingerprint density at radius 3 is 2.55 bits per heavy atom. The van der Waals surface area contributed by atoms with Crippen molar-refractivity contribution >= 4 is 11.5 Å². The molecule has 0 bridgehead atoms. The summed E-state index contributed by atoms with van der Waals surface area (Å²) in [6.07, 6.45) is 2.35. The normalized spacial score (nSPS) is 14.0. The number of benzene rings is 1. The van der Waals surface area contributed by atoms with Crippen LogP contribution in [0.5, 0.6) is 0 Å². The molecule has 0 spiro atoms. The first-order chi connectivity index (χ1) is 10.8. The Morgan fingerprint density at radius 1 is 1.09 bits per heavy atom. The Morgan fingerprint density at radius 2 is 1.91 bits per heavy atom. The van der Waals surface area contributed by atoms with Crippen LogP contribution >= 0.6 is 0 Å². The molecule has 0 amide bonds. The van der Waals surface area contributed by atoms with Gasteiger partial charge in [-0.05, 0) is 36.6 Å². The van der Waals surface area contributed by atoms with Crippen molar-refractivity contribution in [2.75, 3.05) is 17.7 Å². The molecule has 1 aliphatic carbocycles. The largest absolute Gasteiger partial charge is 0.392 e. The van der Waals surface area contributed by atoms with E-state index in [0.717, 1.165) is 22.4 Å². The van der Waals surface area contributed by atoms with Gasteiger partial charge in [-0.1, -0.05) is 12.1 Å². The summed E-state index contributed by atoms with van der Waals surface area (Å²) in [6.45, 7) is -0.195. The van der Waals surface area contributed by atoms with Crippen LogP contribution in [-0.4, -0.2) is 28.3 Å². The van der Waals surface area contributed by atoms with E-state index in [2.05, 4.69) is 15.6 Å². The molecule has 1 heterocycles.